The van der Waals surface area contributed by atoms with Crippen molar-refractivity contribution >= 4 is 38.3 Å². The lowest BCUT2D eigenvalue weighted by Gasteiger charge is -2.07. The first-order chi connectivity index (χ1) is 10.1. The molecule has 1 atom stereocenters. The van der Waals surface area contributed by atoms with Crippen LogP contribution in [0.15, 0.2) is 57.9 Å². The molecule has 0 spiro atoms. The van der Waals surface area contributed by atoms with E-state index in [0.29, 0.717) is 17.1 Å². The van der Waals surface area contributed by atoms with Crippen molar-refractivity contribution in [2.24, 2.45) is 5.73 Å². The van der Waals surface area contributed by atoms with Crippen LogP contribution in [-0.4, -0.2) is 15.9 Å². The number of nitrogens with one attached hydrogen (secondary N) is 1. The Morgan fingerprint density at radius 2 is 1.81 bits per heavy atom. The van der Waals surface area contributed by atoms with Crippen LogP contribution in [0.2, 0.25) is 0 Å². The molecule has 0 aliphatic carbocycles. The molecular weight excluding hydrogens is 352 g/mol. The molecule has 0 aromatic heterocycles. The molecule has 21 heavy (non-hydrogen) atoms. The summed E-state index contributed by atoms with van der Waals surface area (Å²) in [6.07, 6.45) is 0. The van der Waals surface area contributed by atoms with Crippen LogP contribution < -0.4 is 11.1 Å². The maximum Gasteiger partial charge on any atom is 0.237 e. The number of nitrogens with two attached hydrogens (primary N) is 1. The molecular formula is C15H15BrN2O2S. The van der Waals surface area contributed by atoms with Crippen LogP contribution in [0.4, 0.5) is 5.69 Å². The molecule has 110 valence electrons. The summed E-state index contributed by atoms with van der Waals surface area (Å²) >= 11 is 3.33. The van der Waals surface area contributed by atoms with Gasteiger partial charge in [-0.1, -0.05) is 24.3 Å². The van der Waals surface area contributed by atoms with Crippen LogP contribution in [0.25, 0.3) is 0 Å². The van der Waals surface area contributed by atoms with Gasteiger partial charge in [-0.15, -0.1) is 0 Å². The van der Waals surface area contributed by atoms with Gasteiger partial charge in [-0.2, -0.15) is 0 Å². The van der Waals surface area contributed by atoms with Crippen molar-refractivity contribution < 1.29 is 9.00 Å². The maximum absolute atomic E-state index is 12.2. The topological polar surface area (TPSA) is 72.2 Å². The normalized spacial score (nSPS) is 11.9. The van der Waals surface area contributed by atoms with E-state index >= 15 is 0 Å². The van der Waals surface area contributed by atoms with E-state index in [1.807, 2.05) is 18.2 Å². The first kappa shape index (κ1) is 15.9. The van der Waals surface area contributed by atoms with Gasteiger partial charge in [0.25, 0.3) is 0 Å². The Balaban J connectivity index is 1.98. The van der Waals surface area contributed by atoms with E-state index in [2.05, 4.69) is 21.2 Å². The smallest absolute Gasteiger partial charge is 0.237 e. The standard InChI is InChI=1S/C15H15BrN2O2S/c16-13-3-1-2-4-14(13)21(20)10-15(19)18-12-7-5-11(9-17)6-8-12/h1-8H,9-10,17H2,(H,18,19). The van der Waals surface area contributed by atoms with Gasteiger partial charge in [0.05, 0.1) is 15.7 Å². The van der Waals surface area contributed by atoms with Crippen LogP contribution in [0.1, 0.15) is 5.56 Å². The Labute approximate surface area is 134 Å². The lowest BCUT2D eigenvalue weighted by Crippen LogP contribution is -2.19. The molecule has 0 aliphatic rings. The number of hydrogen-bond donors (Lipinski definition) is 2. The summed E-state index contributed by atoms with van der Waals surface area (Å²) in [5.74, 6) is -0.370. The fourth-order valence-electron chi connectivity index (χ4n) is 1.75. The summed E-state index contributed by atoms with van der Waals surface area (Å²) in [4.78, 5) is 12.5. The highest BCUT2D eigenvalue weighted by Gasteiger charge is 2.12. The number of benzene rings is 2. The van der Waals surface area contributed by atoms with Crippen LogP contribution >= 0.6 is 15.9 Å². The Morgan fingerprint density at radius 1 is 1.14 bits per heavy atom. The summed E-state index contributed by atoms with van der Waals surface area (Å²) < 4.78 is 12.9. The van der Waals surface area contributed by atoms with Crippen molar-refractivity contribution in [2.75, 3.05) is 11.1 Å². The van der Waals surface area contributed by atoms with E-state index in [4.69, 9.17) is 5.73 Å². The van der Waals surface area contributed by atoms with E-state index in [-0.39, 0.29) is 11.7 Å². The van der Waals surface area contributed by atoms with Crippen molar-refractivity contribution in [3.05, 3.63) is 58.6 Å². The highest BCUT2D eigenvalue weighted by Crippen LogP contribution is 2.20. The van der Waals surface area contributed by atoms with Crippen molar-refractivity contribution in [1.29, 1.82) is 0 Å². The monoisotopic (exact) mass is 366 g/mol. The van der Waals surface area contributed by atoms with Gasteiger partial charge in [0.2, 0.25) is 5.91 Å². The molecule has 3 N–H and O–H groups in total. The number of carbonyl (C=O) groups excluding carboxylic acids is 1. The third-order valence-electron chi connectivity index (χ3n) is 2.82. The van der Waals surface area contributed by atoms with Crippen molar-refractivity contribution in [3.8, 4) is 0 Å². The Bertz CT molecular complexity index is 659. The minimum Gasteiger partial charge on any atom is -0.326 e. The molecule has 2 rings (SSSR count). The summed E-state index contributed by atoms with van der Waals surface area (Å²) in [7, 11) is -1.38. The van der Waals surface area contributed by atoms with E-state index in [1.54, 1.807) is 30.3 Å². The zero-order valence-electron chi connectivity index (χ0n) is 11.2. The van der Waals surface area contributed by atoms with E-state index in [9.17, 15) is 9.00 Å². The fraction of sp³-hybridized carbons (Fsp3) is 0.133. The molecule has 2 aromatic rings. The number of halogens is 1. The van der Waals surface area contributed by atoms with Gasteiger partial charge in [-0.05, 0) is 45.8 Å². The zero-order valence-corrected chi connectivity index (χ0v) is 13.6. The highest BCUT2D eigenvalue weighted by molar-refractivity contribution is 9.10. The third-order valence-corrected chi connectivity index (χ3v) is 5.14. The fourth-order valence-corrected chi connectivity index (χ4v) is 3.56. The third kappa shape index (κ3) is 4.49. The first-order valence-corrected chi connectivity index (χ1v) is 8.43. The van der Waals surface area contributed by atoms with Gasteiger partial charge in [0.1, 0.15) is 5.75 Å². The second-order valence-corrected chi connectivity index (χ2v) is 6.64. The average Bonchev–Trinajstić information content (AvgIpc) is 2.48. The molecule has 4 nitrogen and oxygen atoms in total. The molecule has 1 unspecified atom stereocenters. The highest BCUT2D eigenvalue weighted by atomic mass is 79.9. The Hall–Kier alpha value is -1.50. The summed E-state index contributed by atoms with van der Waals surface area (Å²) in [5, 5.41) is 2.73. The van der Waals surface area contributed by atoms with Gasteiger partial charge < -0.3 is 11.1 Å². The lowest BCUT2D eigenvalue weighted by atomic mass is 10.2. The second-order valence-electron chi connectivity index (χ2n) is 4.37. The van der Waals surface area contributed by atoms with Crippen LogP contribution in [0, 0.1) is 0 Å². The van der Waals surface area contributed by atoms with E-state index in [1.165, 1.54) is 0 Å². The van der Waals surface area contributed by atoms with E-state index in [0.717, 1.165) is 10.0 Å². The average molecular weight is 367 g/mol. The minimum absolute atomic E-state index is 0.0821. The molecule has 0 radical (unpaired) electrons. The molecule has 1 amide bonds. The summed E-state index contributed by atoms with van der Waals surface area (Å²) in [5.41, 5.74) is 7.17. The molecule has 0 bridgehead atoms. The minimum atomic E-state index is -1.38. The lowest BCUT2D eigenvalue weighted by molar-refractivity contribution is -0.113. The van der Waals surface area contributed by atoms with Crippen LogP contribution in [0.5, 0.6) is 0 Å². The van der Waals surface area contributed by atoms with Gasteiger partial charge >= 0.3 is 0 Å². The van der Waals surface area contributed by atoms with Crippen LogP contribution in [-0.2, 0) is 22.1 Å². The van der Waals surface area contributed by atoms with Gasteiger partial charge in [0.15, 0.2) is 0 Å². The van der Waals surface area contributed by atoms with Gasteiger partial charge in [-0.3, -0.25) is 9.00 Å². The largest absolute Gasteiger partial charge is 0.326 e. The molecule has 6 heteroatoms. The first-order valence-electron chi connectivity index (χ1n) is 6.32. The van der Waals surface area contributed by atoms with Gasteiger partial charge in [0, 0.05) is 16.7 Å². The Kier molecular flexibility index (Phi) is 5.67. The number of hydrogen-bond acceptors (Lipinski definition) is 3. The molecule has 0 saturated heterocycles. The number of anilines is 1. The number of amides is 1. The predicted molar refractivity (Wildman–Crippen MR) is 88.4 cm³/mol. The Morgan fingerprint density at radius 3 is 2.43 bits per heavy atom. The van der Waals surface area contributed by atoms with Crippen molar-refractivity contribution in [2.45, 2.75) is 11.4 Å². The molecule has 2 aromatic carbocycles. The zero-order chi connectivity index (χ0) is 15.2. The van der Waals surface area contributed by atoms with Crippen molar-refractivity contribution in [1.82, 2.24) is 0 Å². The van der Waals surface area contributed by atoms with Crippen molar-refractivity contribution in [3.63, 3.8) is 0 Å². The quantitative estimate of drug-likeness (QED) is 0.854. The molecule has 0 heterocycles. The second kappa shape index (κ2) is 7.49. The molecule has 0 saturated carbocycles. The number of rotatable bonds is 5. The summed E-state index contributed by atoms with van der Waals surface area (Å²) in [6.45, 7) is 0.459. The van der Waals surface area contributed by atoms with Crippen LogP contribution in [0.3, 0.4) is 0 Å². The summed E-state index contributed by atoms with van der Waals surface area (Å²) in [6, 6.07) is 14.4. The van der Waals surface area contributed by atoms with E-state index < -0.39 is 10.8 Å². The molecule has 0 fully saturated rings. The number of carbonyl (C=O) groups is 1. The maximum atomic E-state index is 12.2. The predicted octanol–water partition coefficient (Wildman–Crippen LogP) is 2.65. The molecule has 0 aliphatic heterocycles. The van der Waals surface area contributed by atoms with Gasteiger partial charge in [-0.25, -0.2) is 0 Å². The SMILES string of the molecule is NCc1ccc(NC(=O)CS(=O)c2ccccc2Br)cc1.